The van der Waals surface area contributed by atoms with E-state index in [1.165, 1.54) is 12.8 Å². The molecule has 0 aromatic carbocycles. The zero-order chi connectivity index (χ0) is 11.3. The van der Waals surface area contributed by atoms with Crippen molar-refractivity contribution < 1.29 is 4.79 Å². The van der Waals surface area contributed by atoms with Crippen molar-refractivity contribution in [3.63, 3.8) is 0 Å². The molecule has 0 aliphatic carbocycles. The number of carbonyl (C=O) groups is 1. The first-order valence-corrected chi connectivity index (χ1v) is 6.03. The molecule has 1 aliphatic heterocycles. The van der Waals surface area contributed by atoms with Crippen LogP contribution in [0.25, 0.3) is 0 Å². The van der Waals surface area contributed by atoms with Gasteiger partial charge in [-0.2, -0.15) is 0 Å². The molecule has 0 aromatic rings. The molecule has 96 valence electrons. The standard InChI is InChI=1S/C12H24N2O.ClH/c1-4-12(2,3)8-11(15)14-9-10-6-5-7-13-10;/h10,13H,4-9H2,1-3H3,(H,14,15);1H. The summed E-state index contributed by atoms with van der Waals surface area (Å²) in [7, 11) is 0. The van der Waals surface area contributed by atoms with Gasteiger partial charge in [-0.1, -0.05) is 27.2 Å². The number of amides is 1. The maximum atomic E-state index is 11.6. The number of carbonyl (C=O) groups excluding carboxylic acids is 1. The highest BCUT2D eigenvalue weighted by atomic mass is 35.5. The van der Waals surface area contributed by atoms with Crippen LogP contribution in [0, 0.1) is 5.41 Å². The molecule has 4 heteroatoms. The maximum absolute atomic E-state index is 11.6. The molecule has 1 heterocycles. The van der Waals surface area contributed by atoms with Gasteiger partial charge in [-0.05, 0) is 24.8 Å². The quantitative estimate of drug-likeness (QED) is 0.783. The number of halogens is 1. The molecule has 0 radical (unpaired) electrons. The summed E-state index contributed by atoms with van der Waals surface area (Å²) in [5, 5.41) is 6.39. The lowest BCUT2D eigenvalue weighted by Crippen LogP contribution is -2.38. The normalized spacial score (nSPS) is 20.3. The van der Waals surface area contributed by atoms with Crippen molar-refractivity contribution in [3.05, 3.63) is 0 Å². The van der Waals surface area contributed by atoms with E-state index in [1.807, 2.05) is 0 Å². The third-order valence-electron chi connectivity index (χ3n) is 3.30. The summed E-state index contributed by atoms with van der Waals surface area (Å²) in [5.41, 5.74) is 0.132. The monoisotopic (exact) mass is 248 g/mol. The van der Waals surface area contributed by atoms with E-state index in [0.717, 1.165) is 19.5 Å². The zero-order valence-corrected chi connectivity index (χ0v) is 11.5. The number of hydrogen-bond acceptors (Lipinski definition) is 2. The first-order chi connectivity index (χ1) is 7.03. The Balaban J connectivity index is 0.00000225. The summed E-state index contributed by atoms with van der Waals surface area (Å²) in [6.07, 6.45) is 4.11. The summed E-state index contributed by atoms with van der Waals surface area (Å²) in [6.45, 7) is 8.30. The highest BCUT2D eigenvalue weighted by Crippen LogP contribution is 2.23. The van der Waals surface area contributed by atoms with Crippen LogP contribution in [0.2, 0.25) is 0 Å². The Kier molecular flexibility index (Phi) is 7.00. The molecule has 1 saturated heterocycles. The van der Waals surface area contributed by atoms with Gasteiger partial charge in [-0.15, -0.1) is 12.4 Å². The Morgan fingerprint density at radius 2 is 2.19 bits per heavy atom. The second-order valence-corrected chi connectivity index (χ2v) is 5.29. The Bertz CT molecular complexity index is 213. The van der Waals surface area contributed by atoms with E-state index in [9.17, 15) is 4.79 Å². The SMILES string of the molecule is CCC(C)(C)CC(=O)NCC1CCCN1.Cl. The van der Waals surface area contributed by atoms with Crippen LogP contribution in [0.4, 0.5) is 0 Å². The van der Waals surface area contributed by atoms with Gasteiger partial charge in [0, 0.05) is 19.0 Å². The fraction of sp³-hybridized carbons (Fsp3) is 0.917. The Hall–Kier alpha value is -0.280. The lowest BCUT2D eigenvalue weighted by molar-refractivity contribution is -0.123. The van der Waals surface area contributed by atoms with Crippen LogP contribution < -0.4 is 10.6 Å². The van der Waals surface area contributed by atoms with Gasteiger partial charge in [0.05, 0.1) is 0 Å². The fourth-order valence-electron chi connectivity index (χ4n) is 1.79. The van der Waals surface area contributed by atoms with Gasteiger partial charge in [-0.3, -0.25) is 4.79 Å². The van der Waals surface area contributed by atoms with Crippen molar-refractivity contribution in [1.29, 1.82) is 0 Å². The largest absolute Gasteiger partial charge is 0.355 e. The van der Waals surface area contributed by atoms with Crippen LogP contribution in [-0.2, 0) is 4.79 Å². The lowest BCUT2D eigenvalue weighted by atomic mass is 9.86. The molecule has 1 atom stereocenters. The van der Waals surface area contributed by atoms with E-state index in [-0.39, 0.29) is 23.7 Å². The van der Waals surface area contributed by atoms with Gasteiger partial charge in [0.2, 0.25) is 5.91 Å². The van der Waals surface area contributed by atoms with Crippen molar-refractivity contribution in [2.45, 2.75) is 52.5 Å². The minimum Gasteiger partial charge on any atom is -0.355 e. The maximum Gasteiger partial charge on any atom is 0.220 e. The zero-order valence-electron chi connectivity index (χ0n) is 10.6. The lowest BCUT2D eigenvalue weighted by Gasteiger charge is -2.22. The molecule has 3 nitrogen and oxygen atoms in total. The van der Waals surface area contributed by atoms with Gasteiger partial charge in [0.1, 0.15) is 0 Å². The van der Waals surface area contributed by atoms with Crippen LogP contribution in [0.15, 0.2) is 0 Å². The van der Waals surface area contributed by atoms with Crippen molar-refractivity contribution >= 4 is 18.3 Å². The minimum atomic E-state index is 0. The smallest absolute Gasteiger partial charge is 0.220 e. The van der Waals surface area contributed by atoms with E-state index in [1.54, 1.807) is 0 Å². The van der Waals surface area contributed by atoms with Crippen molar-refractivity contribution in [2.24, 2.45) is 5.41 Å². The highest BCUT2D eigenvalue weighted by Gasteiger charge is 2.20. The molecular formula is C12H25ClN2O. The van der Waals surface area contributed by atoms with Crippen LogP contribution in [-0.4, -0.2) is 25.0 Å². The molecule has 0 spiro atoms. The third kappa shape index (κ3) is 5.71. The van der Waals surface area contributed by atoms with E-state index in [2.05, 4.69) is 31.4 Å². The summed E-state index contributed by atoms with van der Waals surface area (Å²) in [5.74, 6) is 0.190. The summed E-state index contributed by atoms with van der Waals surface area (Å²) < 4.78 is 0. The predicted octanol–water partition coefficient (Wildman–Crippen LogP) is 2.10. The Morgan fingerprint density at radius 3 is 2.69 bits per heavy atom. The number of hydrogen-bond donors (Lipinski definition) is 2. The highest BCUT2D eigenvalue weighted by molar-refractivity contribution is 5.85. The van der Waals surface area contributed by atoms with Gasteiger partial charge >= 0.3 is 0 Å². The van der Waals surface area contributed by atoms with Crippen LogP contribution in [0.5, 0.6) is 0 Å². The topological polar surface area (TPSA) is 41.1 Å². The summed E-state index contributed by atoms with van der Waals surface area (Å²) in [4.78, 5) is 11.6. The van der Waals surface area contributed by atoms with Crippen LogP contribution in [0.1, 0.15) is 46.5 Å². The van der Waals surface area contributed by atoms with E-state index in [4.69, 9.17) is 0 Å². The number of nitrogens with one attached hydrogen (secondary N) is 2. The molecule has 1 unspecified atom stereocenters. The van der Waals surface area contributed by atoms with Crippen LogP contribution >= 0.6 is 12.4 Å². The molecule has 1 aliphatic rings. The third-order valence-corrected chi connectivity index (χ3v) is 3.30. The van der Waals surface area contributed by atoms with E-state index < -0.39 is 0 Å². The van der Waals surface area contributed by atoms with Crippen LogP contribution in [0.3, 0.4) is 0 Å². The van der Waals surface area contributed by atoms with E-state index in [0.29, 0.717) is 12.5 Å². The first kappa shape index (κ1) is 15.7. The molecule has 16 heavy (non-hydrogen) atoms. The summed E-state index contributed by atoms with van der Waals surface area (Å²) in [6, 6.07) is 0.499. The molecule has 1 amide bonds. The first-order valence-electron chi connectivity index (χ1n) is 6.03. The van der Waals surface area contributed by atoms with Gasteiger partial charge in [0.15, 0.2) is 0 Å². The summed E-state index contributed by atoms with van der Waals surface area (Å²) >= 11 is 0. The van der Waals surface area contributed by atoms with Crippen molar-refractivity contribution in [3.8, 4) is 0 Å². The van der Waals surface area contributed by atoms with Gasteiger partial charge in [-0.25, -0.2) is 0 Å². The van der Waals surface area contributed by atoms with Gasteiger partial charge < -0.3 is 10.6 Å². The Morgan fingerprint density at radius 1 is 1.50 bits per heavy atom. The molecular weight excluding hydrogens is 224 g/mol. The molecule has 0 bridgehead atoms. The van der Waals surface area contributed by atoms with Gasteiger partial charge in [0.25, 0.3) is 0 Å². The molecule has 0 saturated carbocycles. The predicted molar refractivity (Wildman–Crippen MR) is 70.0 cm³/mol. The average molecular weight is 249 g/mol. The number of rotatable bonds is 5. The molecule has 1 rings (SSSR count). The van der Waals surface area contributed by atoms with Crippen molar-refractivity contribution in [2.75, 3.05) is 13.1 Å². The molecule has 1 fully saturated rings. The second-order valence-electron chi connectivity index (χ2n) is 5.29. The minimum absolute atomic E-state index is 0. The molecule has 2 N–H and O–H groups in total. The fourth-order valence-corrected chi connectivity index (χ4v) is 1.79. The average Bonchev–Trinajstić information content (AvgIpc) is 2.66. The second kappa shape index (κ2) is 7.13. The van der Waals surface area contributed by atoms with E-state index >= 15 is 0 Å². The molecule has 0 aromatic heterocycles. The van der Waals surface area contributed by atoms with Crippen molar-refractivity contribution in [1.82, 2.24) is 10.6 Å². The Labute approximate surface area is 105 Å².